The molecule has 1 aromatic rings. The molecule has 0 radical (unpaired) electrons. The Kier molecular flexibility index (Phi) is 2.44. The quantitative estimate of drug-likeness (QED) is 0.636. The Labute approximate surface area is 71.1 Å². The highest BCUT2D eigenvalue weighted by Gasteiger charge is 2.03. The Morgan fingerprint density at radius 3 is 2.75 bits per heavy atom. The summed E-state index contributed by atoms with van der Waals surface area (Å²) in [5.74, 6) is 1.05. The number of aromatic nitrogens is 3. The predicted octanol–water partition coefficient (Wildman–Crippen LogP) is -0.241. The van der Waals surface area contributed by atoms with Crippen LogP contribution in [-0.4, -0.2) is 21.3 Å². The first-order valence-electron chi connectivity index (χ1n) is 3.69. The average Bonchev–Trinajstić information content (AvgIpc) is 2.33. The zero-order valence-corrected chi connectivity index (χ0v) is 7.28. The lowest BCUT2D eigenvalue weighted by Crippen LogP contribution is -1.97. The van der Waals surface area contributed by atoms with E-state index in [1.54, 1.807) is 7.05 Å². The molecule has 0 aliphatic rings. The van der Waals surface area contributed by atoms with Gasteiger partial charge in [-0.2, -0.15) is 4.98 Å². The molecule has 0 saturated heterocycles. The van der Waals surface area contributed by atoms with Crippen LogP contribution in [0.3, 0.4) is 0 Å². The Morgan fingerprint density at radius 1 is 1.67 bits per heavy atom. The van der Waals surface area contributed by atoms with Gasteiger partial charge in [-0.1, -0.05) is 6.08 Å². The van der Waals surface area contributed by atoms with Crippen molar-refractivity contribution in [3.63, 3.8) is 0 Å². The molecular formula is C7H13N5. The molecule has 0 amide bonds. The molecule has 0 aliphatic heterocycles. The van der Waals surface area contributed by atoms with E-state index in [0.717, 1.165) is 5.57 Å². The van der Waals surface area contributed by atoms with Crippen LogP contribution in [0, 0.1) is 0 Å². The van der Waals surface area contributed by atoms with E-state index in [2.05, 4.69) is 10.1 Å². The van der Waals surface area contributed by atoms with E-state index in [-0.39, 0.29) is 0 Å². The van der Waals surface area contributed by atoms with Crippen molar-refractivity contribution in [3.05, 3.63) is 11.9 Å². The van der Waals surface area contributed by atoms with Crippen molar-refractivity contribution in [2.75, 3.05) is 12.3 Å². The van der Waals surface area contributed by atoms with E-state index in [1.807, 2.05) is 13.0 Å². The van der Waals surface area contributed by atoms with E-state index in [4.69, 9.17) is 11.5 Å². The number of anilines is 1. The SMILES string of the molecule is C/C(=C\CN)c1nc(N)n(C)n1. The summed E-state index contributed by atoms with van der Waals surface area (Å²) in [4.78, 5) is 4.03. The molecule has 4 N–H and O–H groups in total. The van der Waals surface area contributed by atoms with E-state index >= 15 is 0 Å². The third-order valence-corrected chi connectivity index (χ3v) is 1.57. The normalized spacial score (nSPS) is 12.1. The van der Waals surface area contributed by atoms with Gasteiger partial charge in [0.15, 0.2) is 5.82 Å². The molecular weight excluding hydrogens is 154 g/mol. The summed E-state index contributed by atoms with van der Waals surface area (Å²) < 4.78 is 1.53. The van der Waals surface area contributed by atoms with Crippen LogP contribution in [0.2, 0.25) is 0 Å². The molecule has 1 heterocycles. The number of aryl methyl sites for hydroxylation is 1. The van der Waals surface area contributed by atoms with E-state index < -0.39 is 0 Å². The minimum absolute atomic E-state index is 0.412. The highest BCUT2D eigenvalue weighted by Crippen LogP contribution is 2.08. The minimum Gasteiger partial charge on any atom is -0.368 e. The first kappa shape index (κ1) is 8.73. The fraction of sp³-hybridized carbons (Fsp3) is 0.429. The third-order valence-electron chi connectivity index (χ3n) is 1.57. The fourth-order valence-corrected chi connectivity index (χ4v) is 0.832. The highest BCUT2D eigenvalue weighted by molar-refractivity contribution is 5.58. The first-order chi connectivity index (χ1) is 5.65. The van der Waals surface area contributed by atoms with Gasteiger partial charge in [0.05, 0.1) is 0 Å². The molecule has 0 saturated carbocycles. The number of nitrogens with zero attached hydrogens (tertiary/aromatic N) is 3. The van der Waals surface area contributed by atoms with Gasteiger partial charge in [-0.3, -0.25) is 0 Å². The number of allylic oxidation sites excluding steroid dienone is 1. The fourth-order valence-electron chi connectivity index (χ4n) is 0.832. The molecule has 0 bridgehead atoms. The van der Waals surface area contributed by atoms with Crippen LogP contribution in [0.15, 0.2) is 6.08 Å². The summed E-state index contributed by atoms with van der Waals surface area (Å²) >= 11 is 0. The lowest BCUT2D eigenvalue weighted by molar-refractivity contribution is 0.773. The van der Waals surface area contributed by atoms with Crippen molar-refractivity contribution in [1.82, 2.24) is 14.8 Å². The van der Waals surface area contributed by atoms with Gasteiger partial charge in [0.25, 0.3) is 0 Å². The molecule has 0 fully saturated rings. The number of hydrogen-bond donors (Lipinski definition) is 2. The summed E-state index contributed by atoms with van der Waals surface area (Å²) in [6, 6.07) is 0. The molecule has 0 unspecified atom stereocenters. The van der Waals surface area contributed by atoms with Gasteiger partial charge in [-0.05, 0) is 12.5 Å². The zero-order chi connectivity index (χ0) is 9.14. The Morgan fingerprint density at radius 2 is 2.33 bits per heavy atom. The molecule has 0 spiro atoms. The maximum absolute atomic E-state index is 5.51. The van der Waals surface area contributed by atoms with Crippen molar-refractivity contribution in [1.29, 1.82) is 0 Å². The van der Waals surface area contributed by atoms with Crippen molar-refractivity contribution < 1.29 is 0 Å². The monoisotopic (exact) mass is 167 g/mol. The second-order valence-electron chi connectivity index (χ2n) is 2.54. The lowest BCUT2D eigenvalue weighted by atomic mass is 10.3. The van der Waals surface area contributed by atoms with Gasteiger partial charge in [0, 0.05) is 13.6 Å². The summed E-state index contributed by atoms with van der Waals surface area (Å²) in [6.07, 6.45) is 1.86. The summed E-state index contributed by atoms with van der Waals surface area (Å²) in [6.45, 7) is 2.39. The zero-order valence-electron chi connectivity index (χ0n) is 7.28. The van der Waals surface area contributed by atoms with E-state index in [9.17, 15) is 0 Å². The third kappa shape index (κ3) is 1.62. The van der Waals surface area contributed by atoms with Gasteiger partial charge in [-0.15, -0.1) is 5.10 Å². The van der Waals surface area contributed by atoms with Crippen LogP contribution in [0.5, 0.6) is 0 Å². The molecule has 0 atom stereocenters. The van der Waals surface area contributed by atoms with Crippen LogP contribution < -0.4 is 11.5 Å². The Hall–Kier alpha value is -1.36. The predicted molar refractivity (Wildman–Crippen MR) is 48.1 cm³/mol. The van der Waals surface area contributed by atoms with Gasteiger partial charge in [0.1, 0.15) is 0 Å². The van der Waals surface area contributed by atoms with E-state index in [0.29, 0.717) is 18.3 Å². The maximum atomic E-state index is 5.51. The molecule has 1 rings (SSSR count). The first-order valence-corrected chi connectivity index (χ1v) is 3.69. The highest BCUT2D eigenvalue weighted by atomic mass is 15.4. The second-order valence-corrected chi connectivity index (χ2v) is 2.54. The maximum Gasteiger partial charge on any atom is 0.218 e. The summed E-state index contributed by atoms with van der Waals surface area (Å²) in [7, 11) is 1.75. The molecule has 1 aromatic heterocycles. The molecule has 66 valence electrons. The number of hydrogen-bond acceptors (Lipinski definition) is 4. The number of nitrogens with two attached hydrogens (primary N) is 2. The smallest absolute Gasteiger partial charge is 0.218 e. The summed E-state index contributed by atoms with van der Waals surface area (Å²) in [5.41, 5.74) is 11.8. The van der Waals surface area contributed by atoms with Crippen LogP contribution in [0.1, 0.15) is 12.7 Å². The van der Waals surface area contributed by atoms with Crippen molar-refractivity contribution in [2.45, 2.75) is 6.92 Å². The molecule has 0 aromatic carbocycles. The number of nitrogen functional groups attached to an aromatic ring is 1. The second kappa shape index (κ2) is 3.36. The van der Waals surface area contributed by atoms with Crippen LogP contribution in [0.4, 0.5) is 5.95 Å². The largest absolute Gasteiger partial charge is 0.368 e. The Balaban J connectivity index is 2.96. The van der Waals surface area contributed by atoms with Gasteiger partial charge in [-0.25, -0.2) is 4.68 Å². The van der Waals surface area contributed by atoms with Crippen molar-refractivity contribution in [3.8, 4) is 0 Å². The van der Waals surface area contributed by atoms with Crippen LogP contribution >= 0.6 is 0 Å². The minimum atomic E-state index is 0.412. The molecule has 12 heavy (non-hydrogen) atoms. The average molecular weight is 167 g/mol. The van der Waals surface area contributed by atoms with E-state index in [1.165, 1.54) is 4.68 Å². The van der Waals surface area contributed by atoms with Crippen molar-refractivity contribution >= 4 is 11.5 Å². The molecule has 0 aliphatic carbocycles. The molecule has 5 heteroatoms. The van der Waals surface area contributed by atoms with Gasteiger partial charge in [0.2, 0.25) is 5.95 Å². The lowest BCUT2D eigenvalue weighted by Gasteiger charge is -1.90. The van der Waals surface area contributed by atoms with Crippen LogP contribution in [0.25, 0.3) is 5.57 Å². The molecule has 5 nitrogen and oxygen atoms in total. The van der Waals surface area contributed by atoms with Crippen molar-refractivity contribution in [2.24, 2.45) is 12.8 Å². The summed E-state index contributed by atoms with van der Waals surface area (Å²) in [5, 5.41) is 4.09. The topological polar surface area (TPSA) is 82.7 Å². The standard InChI is InChI=1S/C7H13N5/c1-5(3-4-8)6-10-7(9)12(2)11-6/h3H,4,8H2,1-2H3,(H2,9,10,11)/b5-3+. The van der Waals surface area contributed by atoms with Gasteiger partial charge >= 0.3 is 0 Å². The van der Waals surface area contributed by atoms with Crippen LogP contribution in [-0.2, 0) is 7.05 Å². The van der Waals surface area contributed by atoms with Gasteiger partial charge < -0.3 is 11.5 Å². The number of rotatable bonds is 2. The Bertz CT molecular complexity index is 279.